The van der Waals surface area contributed by atoms with Gasteiger partial charge in [0.25, 0.3) is 0 Å². The first-order valence-corrected chi connectivity index (χ1v) is 8.06. The lowest BCUT2D eigenvalue weighted by molar-refractivity contribution is 0.200. The van der Waals surface area contributed by atoms with Crippen molar-refractivity contribution in [3.05, 3.63) is 78.6 Å². The maximum absolute atomic E-state index is 11.9. The second kappa shape index (κ2) is 8.06. The molecule has 1 N–H and O–H groups in total. The zero-order chi connectivity index (χ0) is 17.5. The second-order valence-electron chi connectivity index (χ2n) is 5.50. The molecule has 3 rings (SSSR count). The number of carbonyl (C=O) groups excluding carboxylic acids is 1. The zero-order valence-corrected chi connectivity index (χ0v) is 14.0. The van der Waals surface area contributed by atoms with Crippen LogP contribution in [-0.2, 0) is 6.42 Å². The van der Waals surface area contributed by atoms with Crippen LogP contribution in [0.2, 0.25) is 0 Å². The standard InChI is InChI=1S/C20H20N2O3/c1-24-18-8-4-16(5-9-18)12-13-21-20(23)25-19-10-6-17(7-11-19)22-14-2-3-15-22/h2-11,14-15H,12-13H2,1H3,(H,21,23). The number of carbonyl (C=O) groups is 1. The normalized spacial score (nSPS) is 10.3. The zero-order valence-electron chi connectivity index (χ0n) is 14.0. The van der Waals surface area contributed by atoms with Crippen molar-refractivity contribution in [2.45, 2.75) is 6.42 Å². The minimum atomic E-state index is -0.456. The van der Waals surface area contributed by atoms with Gasteiger partial charge in [0.15, 0.2) is 0 Å². The molecule has 0 bridgehead atoms. The largest absolute Gasteiger partial charge is 0.497 e. The third kappa shape index (κ3) is 4.64. The van der Waals surface area contributed by atoms with Crippen LogP contribution in [0.4, 0.5) is 4.79 Å². The van der Waals surface area contributed by atoms with Gasteiger partial charge in [0.05, 0.1) is 7.11 Å². The van der Waals surface area contributed by atoms with Crippen molar-refractivity contribution in [3.63, 3.8) is 0 Å². The summed E-state index contributed by atoms with van der Waals surface area (Å²) in [4.78, 5) is 11.9. The van der Waals surface area contributed by atoms with Crippen molar-refractivity contribution in [3.8, 4) is 17.2 Å². The Morgan fingerprint density at radius 1 is 0.960 bits per heavy atom. The summed E-state index contributed by atoms with van der Waals surface area (Å²) in [5, 5.41) is 2.75. The van der Waals surface area contributed by atoms with Gasteiger partial charge < -0.3 is 19.4 Å². The molecule has 0 aliphatic carbocycles. The van der Waals surface area contributed by atoms with E-state index >= 15 is 0 Å². The Kier molecular flexibility index (Phi) is 5.36. The van der Waals surface area contributed by atoms with Gasteiger partial charge in [0, 0.05) is 24.6 Å². The molecule has 3 aromatic rings. The van der Waals surface area contributed by atoms with Gasteiger partial charge in [0.1, 0.15) is 11.5 Å². The highest BCUT2D eigenvalue weighted by Crippen LogP contribution is 2.15. The van der Waals surface area contributed by atoms with Crippen LogP contribution >= 0.6 is 0 Å². The van der Waals surface area contributed by atoms with Gasteiger partial charge in [-0.1, -0.05) is 12.1 Å². The molecule has 0 spiro atoms. The van der Waals surface area contributed by atoms with E-state index in [9.17, 15) is 4.79 Å². The predicted octanol–water partition coefficient (Wildman–Crippen LogP) is 3.82. The smallest absolute Gasteiger partial charge is 0.412 e. The molecule has 0 aliphatic rings. The fourth-order valence-corrected chi connectivity index (χ4v) is 2.44. The molecule has 2 aromatic carbocycles. The average Bonchev–Trinajstić information content (AvgIpc) is 3.18. The van der Waals surface area contributed by atoms with Crippen LogP contribution in [0.3, 0.4) is 0 Å². The van der Waals surface area contributed by atoms with Gasteiger partial charge in [-0.15, -0.1) is 0 Å². The number of benzene rings is 2. The topological polar surface area (TPSA) is 52.5 Å². The molecule has 0 fully saturated rings. The Balaban J connectivity index is 1.45. The first-order chi connectivity index (χ1) is 12.2. The Morgan fingerprint density at radius 3 is 2.24 bits per heavy atom. The van der Waals surface area contributed by atoms with E-state index in [2.05, 4.69) is 5.32 Å². The predicted molar refractivity (Wildman–Crippen MR) is 96.5 cm³/mol. The minimum absolute atomic E-state index is 0.456. The van der Waals surface area contributed by atoms with Crippen LogP contribution in [0.1, 0.15) is 5.56 Å². The lowest BCUT2D eigenvalue weighted by atomic mass is 10.1. The van der Waals surface area contributed by atoms with Gasteiger partial charge in [0.2, 0.25) is 0 Å². The maximum Gasteiger partial charge on any atom is 0.412 e. The fraction of sp³-hybridized carbons (Fsp3) is 0.150. The van der Waals surface area contributed by atoms with Crippen molar-refractivity contribution in [2.24, 2.45) is 0 Å². The number of amides is 1. The van der Waals surface area contributed by atoms with Gasteiger partial charge in [-0.25, -0.2) is 4.79 Å². The van der Waals surface area contributed by atoms with Crippen LogP contribution in [-0.4, -0.2) is 24.3 Å². The summed E-state index contributed by atoms with van der Waals surface area (Å²) in [6, 6.07) is 19.0. The van der Waals surface area contributed by atoms with E-state index < -0.39 is 6.09 Å². The van der Waals surface area contributed by atoms with Crippen molar-refractivity contribution in [2.75, 3.05) is 13.7 Å². The van der Waals surface area contributed by atoms with E-state index in [1.54, 1.807) is 19.2 Å². The summed E-state index contributed by atoms with van der Waals surface area (Å²) in [5.74, 6) is 1.33. The van der Waals surface area contributed by atoms with Crippen molar-refractivity contribution in [1.82, 2.24) is 9.88 Å². The Morgan fingerprint density at radius 2 is 1.60 bits per heavy atom. The van der Waals surface area contributed by atoms with E-state index in [1.807, 2.05) is 65.5 Å². The van der Waals surface area contributed by atoms with Crippen LogP contribution in [0.15, 0.2) is 73.1 Å². The molecule has 0 saturated carbocycles. The van der Waals surface area contributed by atoms with Crippen molar-refractivity contribution < 1.29 is 14.3 Å². The molecule has 0 atom stereocenters. The molecule has 5 nitrogen and oxygen atoms in total. The highest BCUT2D eigenvalue weighted by molar-refractivity contribution is 5.70. The summed E-state index contributed by atoms with van der Waals surface area (Å²) in [5.41, 5.74) is 2.13. The number of aromatic nitrogens is 1. The van der Waals surface area contributed by atoms with Crippen LogP contribution in [0, 0.1) is 0 Å². The van der Waals surface area contributed by atoms with E-state index in [0.29, 0.717) is 12.3 Å². The lowest BCUT2D eigenvalue weighted by Crippen LogP contribution is -2.28. The highest BCUT2D eigenvalue weighted by Gasteiger charge is 2.04. The van der Waals surface area contributed by atoms with Gasteiger partial charge in [-0.2, -0.15) is 0 Å². The lowest BCUT2D eigenvalue weighted by Gasteiger charge is -2.08. The van der Waals surface area contributed by atoms with Gasteiger partial charge >= 0.3 is 6.09 Å². The summed E-state index contributed by atoms with van der Waals surface area (Å²) in [7, 11) is 1.64. The summed E-state index contributed by atoms with van der Waals surface area (Å²) in [6.45, 7) is 0.507. The molecular formula is C20H20N2O3. The molecular weight excluding hydrogens is 316 g/mol. The van der Waals surface area contributed by atoms with Gasteiger partial charge in [-0.3, -0.25) is 0 Å². The minimum Gasteiger partial charge on any atom is -0.497 e. The number of hydrogen-bond donors (Lipinski definition) is 1. The Hall–Kier alpha value is -3.21. The average molecular weight is 336 g/mol. The molecule has 1 amide bonds. The third-order valence-corrected chi connectivity index (χ3v) is 3.79. The third-order valence-electron chi connectivity index (χ3n) is 3.79. The van der Waals surface area contributed by atoms with E-state index in [1.165, 1.54) is 0 Å². The fourth-order valence-electron chi connectivity index (χ4n) is 2.44. The van der Waals surface area contributed by atoms with Crippen LogP contribution in [0.5, 0.6) is 11.5 Å². The number of nitrogens with zero attached hydrogens (tertiary/aromatic N) is 1. The van der Waals surface area contributed by atoms with E-state index in [0.717, 1.165) is 23.4 Å². The Labute approximate surface area is 146 Å². The Bertz CT molecular complexity index is 794. The highest BCUT2D eigenvalue weighted by atomic mass is 16.6. The molecule has 1 aromatic heterocycles. The number of ether oxygens (including phenoxy) is 2. The maximum atomic E-state index is 11.9. The molecule has 0 radical (unpaired) electrons. The summed E-state index contributed by atoms with van der Waals surface area (Å²) < 4.78 is 12.4. The molecule has 0 aliphatic heterocycles. The molecule has 0 saturated heterocycles. The SMILES string of the molecule is COc1ccc(CCNC(=O)Oc2ccc(-n3cccc3)cc2)cc1. The van der Waals surface area contributed by atoms with Crippen molar-refractivity contribution in [1.29, 1.82) is 0 Å². The number of hydrogen-bond acceptors (Lipinski definition) is 3. The summed E-state index contributed by atoms with van der Waals surface area (Å²) >= 11 is 0. The molecule has 128 valence electrons. The quantitative estimate of drug-likeness (QED) is 0.744. The number of nitrogens with one attached hydrogen (secondary N) is 1. The molecule has 1 heterocycles. The first kappa shape index (κ1) is 16.6. The van der Waals surface area contributed by atoms with Crippen molar-refractivity contribution >= 4 is 6.09 Å². The van der Waals surface area contributed by atoms with E-state index in [-0.39, 0.29) is 0 Å². The molecule has 0 unspecified atom stereocenters. The number of rotatable bonds is 6. The van der Waals surface area contributed by atoms with Gasteiger partial charge in [-0.05, 0) is 60.5 Å². The number of methoxy groups -OCH3 is 1. The van der Waals surface area contributed by atoms with E-state index in [4.69, 9.17) is 9.47 Å². The molecule has 25 heavy (non-hydrogen) atoms. The first-order valence-electron chi connectivity index (χ1n) is 8.06. The van der Waals surface area contributed by atoms with Crippen LogP contribution in [0.25, 0.3) is 5.69 Å². The molecule has 5 heteroatoms. The summed E-state index contributed by atoms with van der Waals surface area (Å²) in [6.07, 6.45) is 4.19. The second-order valence-corrected chi connectivity index (χ2v) is 5.50. The monoisotopic (exact) mass is 336 g/mol. The van der Waals surface area contributed by atoms with Crippen LogP contribution < -0.4 is 14.8 Å².